The SMILES string of the molecule is CC1(C)CN(CCNC(=O)[C@@H]2CCCN2)CCO1.Cl. The lowest BCUT2D eigenvalue weighted by molar-refractivity contribution is -0.123. The lowest BCUT2D eigenvalue weighted by atomic mass is 10.1. The average molecular weight is 292 g/mol. The maximum Gasteiger partial charge on any atom is 0.237 e. The Hall–Kier alpha value is -0.360. The van der Waals surface area contributed by atoms with Gasteiger partial charge in [0.2, 0.25) is 5.91 Å². The molecule has 6 heteroatoms. The van der Waals surface area contributed by atoms with Gasteiger partial charge in [0.15, 0.2) is 0 Å². The van der Waals surface area contributed by atoms with Crippen molar-refractivity contribution in [2.45, 2.75) is 38.3 Å². The number of halogens is 1. The van der Waals surface area contributed by atoms with Crippen molar-refractivity contribution in [2.24, 2.45) is 0 Å². The quantitative estimate of drug-likeness (QED) is 0.787. The van der Waals surface area contributed by atoms with Crippen LogP contribution in [0.2, 0.25) is 0 Å². The first-order valence-corrected chi connectivity index (χ1v) is 6.94. The van der Waals surface area contributed by atoms with Gasteiger partial charge in [-0.3, -0.25) is 9.69 Å². The van der Waals surface area contributed by atoms with Crippen molar-refractivity contribution in [3.05, 3.63) is 0 Å². The molecule has 2 saturated heterocycles. The van der Waals surface area contributed by atoms with Crippen molar-refractivity contribution in [3.8, 4) is 0 Å². The van der Waals surface area contributed by atoms with Gasteiger partial charge in [-0.25, -0.2) is 0 Å². The van der Waals surface area contributed by atoms with Crippen LogP contribution in [0.4, 0.5) is 0 Å². The summed E-state index contributed by atoms with van der Waals surface area (Å²) in [7, 11) is 0. The largest absolute Gasteiger partial charge is 0.373 e. The van der Waals surface area contributed by atoms with Crippen LogP contribution in [0.5, 0.6) is 0 Å². The molecule has 2 N–H and O–H groups in total. The van der Waals surface area contributed by atoms with Gasteiger partial charge in [0.05, 0.1) is 18.2 Å². The highest BCUT2D eigenvalue weighted by Crippen LogP contribution is 2.15. The molecule has 2 heterocycles. The molecule has 0 spiro atoms. The van der Waals surface area contributed by atoms with Crippen molar-refractivity contribution < 1.29 is 9.53 Å². The minimum absolute atomic E-state index is 0. The van der Waals surface area contributed by atoms with Crippen molar-refractivity contribution in [1.29, 1.82) is 0 Å². The highest BCUT2D eigenvalue weighted by Gasteiger charge is 2.27. The van der Waals surface area contributed by atoms with E-state index in [-0.39, 0.29) is 30.0 Å². The number of nitrogens with zero attached hydrogens (tertiary/aromatic N) is 1. The molecule has 2 aliphatic heterocycles. The van der Waals surface area contributed by atoms with Gasteiger partial charge in [0, 0.05) is 26.2 Å². The fourth-order valence-corrected chi connectivity index (χ4v) is 2.67. The summed E-state index contributed by atoms with van der Waals surface area (Å²) in [4.78, 5) is 14.2. The second kappa shape index (κ2) is 7.43. The molecule has 0 aromatic rings. The highest BCUT2D eigenvalue weighted by molar-refractivity contribution is 5.85. The number of amides is 1. The van der Waals surface area contributed by atoms with E-state index < -0.39 is 0 Å². The van der Waals surface area contributed by atoms with Gasteiger partial charge in [-0.15, -0.1) is 12.4 Å². The zero-order valence-corrected chi connectivity index (χ0v) is 12.7. The minimum atomic E-state index is -0.0603. The molecule has 0 bridgehead atoms. The Bertz CT molecular complexity index is 294. The van der Waals surface area contributed by atoms with E-state index in [1.54, 1.807) is 0 Å². The van der Waals surface area contributed by atoms with Crippen LogP contribution < -0.4 is 10.6 Å². The summed E-state index contributed by atoms with van der Waals surface area (Å²) in [5.74, 6) is 0.153. The second-order valence-electron chi connectivity index (χ2n) is 5.82. The molecule has 1 amide bonds. The number of hydrogen-bond donors (Lipinski definition) is 2. The van der Waals surface area contributed by atoms with Crippen molar-refractivity contribution in [1.82, 2.24) is 15.5 Å². The van der Waals surface area contributed by atoms with E-state index >= 15 is 0 Å². The standard InChI is InChI=1S/C13H25N3O2.ClH/c1-13(2)10-16(8-9-18-13)7-6-15-12(17)11-4-3-5-14-11;/h11,14H,3-10H2,1-2H3,(H,15,17);1H/t11-;/m0./s1. The Morgan fingerprint density at radius 1 is 1.53 bits per heavy atom. The van der Waals surface area contributed by atoms with Crippen LogP contribution in [0.25, 0.3) is 0 Å². The summed E-state index contributed by atoms with van der Waals surface area (Å²) in [5, 5.41) is 6.23. The van der Waals surface area contributed by atoms with Crippen LogP contribution in [0.3, 0.4) is 0 Å². The second-order valence-corrected chi connectivity index (χ2v) is 5.82. The molecule has 2 aliphatic rings. The molecule has 0 radical (unpaired) electrons. The highest BCUT2D eigenvalue weighted by atomic mass is 35.5. The van der Waals surface area contributed by atoms with E-state index in [2.05, 4.69) is 29.4 Å². The Morgan fingerprint density at radius 3 is 2.95 bits per heavy atom. The van der Waals surface area contributed by atoms with E-state index in [0.29, 0.717) is 0 Å². The van der Waals surface area contributed by atoms with Crippen molar-refractivity contribution in [3.63, 3.8) is 0 Å². The first kappa shape index (κ1) is 16.7. The fourth-order valence-electron chi connectivity index (χ4n) is 2.67. The van der Waals surface area contributed by atoms with Gasteiger partial charge < -0.3 is 15.4 Å². The number of hydrogen-bond acceptors (Lipinski definition) is 4. The van der Waals surface area contributed by atoms with Crippen LogP contribution in [0, 0.1) is 0 Å². The Morgan fingerprint density at radius 2 is 2.32 bits per heavy atom. The third kappa shape index (κ3) is 5.26. The summed E-state index contributed by atoms with van der Waals surface area (Å²) < 4.78 is 5.67. The topological polar surface area (TPSA) is 53.6 Å². The van der Waals surface area contributed by atoms with Crippen LogP contribution in [-0.4, -0.2) is 61.8 Å². The molecule has 0 unspecified atom stereocenters. The van der Waals surface area contributed by atoms with Crippen LogP contribution >= 0.6 is 12.4 Å². The summed E-state index contributed by atoms with van der Waals surface area (Å²) in [6.45, 7) is 9.51. The average Bonchev–Trinajstić information content (AvgIpc) is 2.81. The number of rotatable bonds is 4. The lowest BCUT2D eigenvalue weighted by Gasteiger charge is -2.38. The maximum absolute atomic E-state index is 11.8. The maximum atomic E-state index is 11.8. The molecule has 19 heavy (non-hydrogen) atoms. The number of nitrogens with one attached hydrogen (secondary N) is 2. The van der Waals surface area contributed by atoms with Gasteiger partial charge in [-0.2, -0.15) is 0 Å². The van der Waals surface area contributed by atoms with E-state index in [4.69, 9.17) is 4.74 Å². The van der Waals surface area contributed by atoms with Gasteiger partial charge in [-0.05, 0) is 33.2 Å². The molecule has 112 valence electrons. The number of ether oxygens (including phenoxy) is 1. The van der Waals surface area contributed by atoms with E-state index in [1.807, 2.05) is 0 Å². The lowest BCUT2D eigenvalue weighted by Crippen LogP contribution is -2.51. The molecule has 2 fully saturated rings. The third-order valence-electron chi connectivity index (χ3n) is 3.61. The Labute approximate surface area is 121 Å². The summed E-state index contributed by atoms with van der Waals surface area (Å²) in [6, 6.07) is 0.0335. The molecule has 1 atom stereocenters. The van der Waals surface area contributed by atoms with Crippen LogP contribution in [0.1, 0.15) is 26.7 Å². The Balaban J connectivity index is 0.00000180. The molecule has 0 aromatic carbocycles. The summed E-state index contributed by atoms with van der Waals surface area (Å²) >= 11 is 0. The Kier molecular flexibility index (Phi) is 6.53. The number of morpholine rings is 1. The summed E-state index contributed by atoms with van der Waals surface area (Å²) in [5.41, 5.74) is -0.0603. The molecular weight excluding hydrogens is 266 g/mol. The van der Waals surface area contributed by atoms with Gasteiger partial charge >= 0.3 is 0 Å². The molecule has 0 aromatic heterocycles. The minimum Gasteiger partial charge on any atom is -0.373 e. The zero-order chi connectivity index (χ0) is 13.0. The van der Waals surface area contributed by atoms with Crippen LogP contribution in [-0.2, 0) is 9.53 Å². The fraction of sp³-hybridized carbons (Fsp3) is 0.923. The third-order valence-corrected chi connectivity index (χ3v) is 3.61. The van der Waals surface area contributed by atoms with E-state index in [1.165, 1.54) is 0 Å². The molecule has 0 saturated carbocycles. The van der Waals surface area contributed by atoms with E-state index in [9.17, 15) is 4.79 Å². The zero-order valence-electron chi connectivity index (χ0n) is 11.9. The van der Waals surface area contributed by atoms with Crippen molar-refractivity contribution >= 4 is 18.3 Å². The predicted molar refractivity (Wildman–Crippen MR) is 77.8 cm³/mol. The summed E-state index contributed by atoms with van der Waals surface area (Å²) in [6.07, 6.45) is 2.08. The first-order chi connectivity index (χ1) is 8.57. The first-order valence-electron chi connectivity index (χ1n) is 6.94. The van der Waals surface area contributed by atoms with Crippen LogP contribution in [0.15, 0.2) is 0 Å². The van der Waals surface area contributed by atoms with Gasteiger partial charge in [0.1, 0.15) is 0 Å². The van der Waals surface area contributed by atoms with Gasteiger partial charge in [0.25, 0.3) is 0 Å². The monoisotopic (exact) mass is 291 g/mol. The van der Waals surface area contributed by atoms with E-state index in [0.717, 1.165) is 52.2 Å². The van der Waals surface area contributed by atoms with Crippen molar-refractivity contribution in [2.75, 3.05) is 39.3 Å². The normalized spacial score (nSPS) is 26.7. The smallest absolute Gasteiger partial charge is 0.237 e. The molecule has 5 nitrogen and oxygen atoms in total. The number of carbonyl (C=O) groups is 1. The van der Waals surface area contributed by atoms with Gasteiger partial charge in [-0.1, -0.05) is 0 Å². The number of carbonyl (C=O) groups excluding carboxylic acids is 1. The molecule has 2 rings (SSSR count). The predicted octanol–water partition coefficient (Wildman–Crippen LogP) is 0.387. The molecule has 0 aliphatic carbocycles. The molecular formula is C13H26ClN3O2.